The van der Waals surface area contributed by atoms with Crippen molar-refractivity contribution in [1.82, 2.24) is 4.98 Å². The summed E-state index contributed by atoms with van der Waals surface area (Å²) in [4.78, 5) is 4.10. The van der Waals surface area contributed by atoms with Gasteiger partial charge in [0.05, 0.1) is 0 Å². The molecule has 19 heavy (non-hydrogen) atoms. The summed E-state index contributed by atoms with van der Waals surface area (Å²) in [5.74, 6) is 8.92. The van der Waals surface area contributed by atoms with Crippen molar-refractivity contribution < 1.29 is 4.74 Å². The quantitative estimate of drug-likeness (QED) is 0.647. The summed E-state index contributed by atoms with van der Waals surface area (Å²) in [7, 11) is 0. The van der Waals surface area contributed by atoms with Crippen LogP contribution in [0.25, 0.3) is 0 Å². The van der Waals surface area contributed by atoms with Crippen molar-refractivity contribution >= 4 is 5.82 Å². The number of hydrogen-bond donors (Lipinski definition) is 2. The van der Waals surface area contributed by atoms with Gasteiger partial charge in [0, 0.05) is 12.3 Å². The number of hydrazine groups is 1. The maximum absolute atomic E-state index is 6.21. The highest BCUT2D eigenvalue weighted by molar-refractivity contribution is 5.39. The summed E-state index contributed by atoms with van der Waals surface area (Å²) in [6.07, 6.45) is 5.74. The van der Waals surface area contributed by atoms with Gasteiger partial charge in [0.1, 0.15) is 17.7 Å². The highest BCUT2D eigenvalue weighted by Gasteiger charge is 2.32. The van der Waals surface area contributed by atoms with Crippen molar-refractivity contribution in [3.8, 4) is 5.75 Å². The van der Waals surface area contributed by atoms with Crippen molar-refractivity contribution in [2.45, 2.75) is 46.1 Å². The Morgan fingerprint density at radius 3 is 2.89 bits per heavy atom. The smallest absolute Gasteiger partial charge is 0.143 e. The summed E-state index contributed by atoms with van der Waals surface area (Å²) in [6, 6.07) is 3.76. The van der Waals surface area contributed by atoms with E-state index in [0.29, 0.717) is 23.8 Å². The Bertz CT molecular complexity index is 408. The first-order valence-electron chi connectivity index (χ1n) is 7.19. The van der Waals surface area contributed by atoms with Crippen LogP contribution >= 0.6 is 0 Å². The van der Waals surface area contributed by atoms with Gasteiger partial charge in [-0.3, -0.25) is 0 Å². The molecule has 0 radical (unpaired) electrons. The average Bonchev–Trinajstić information content (AvgIpc) is 2.38. The van der Waals surface area contributed by atoms with Gasteiger partial charge >= 0.3 is 0 Å². The highest BCUT2D eigenvalue weighted by atomic mass is 16.5. The number of nitrogens with two attached hydrogens (primary N) is 1. The van der Waals surface area contributed by atoms with E-state index in [1.54, 1.807) is 6.20 Å². The second-order valence-corrected chi connectivity index (χ2v) is 6.00. The van der Waals surface area contributed by atoms with Crippen LogP contribution in [-0.4, -0.2) is 11.1 Å². The van der Waals surface area contributed by atoms with Crippen molar-refractivity contribution in [2.75, 3.05) is 5.43 Å². The van der Waals surface area contributed by atoms with Crippen molar-refractivity contribution in [2.24, 2.45) is 23.6 Å². The molecular formula is C15H25N3O. The number of pyridine rings is 1. The van der Waals surface area contributed by atoms with Gasteiger partial charge in [0.25, 0.3) is 0 Å². The van der Waals surface area contributed by atoms with E-state index in [0.717, 1.165) is 18.1 Å². The summed E-state index contributed by atoms with van der Waals surface area (Å²) in [6.45, 7) is 6.89. The lowest BCUT2D eigenvalue weighted by molar-refractivity contribution is 0.0460. The van der Waals surface area contributed by atoms with Gasteiger partial charge in [0.15, 0.2) is 0 Å². The first-order valence-corrected chi connectivity index (χ1v) is 7.19. The van der Waals surface area contributed by atoms with Crippen LogP contribution in [0.15, 0.2) is 18.3 Å². The van der Waals surface area contributed by atoms with Crippen LogP contribution in [0.3, 0.4) is 0 Å². The van der Waals surface area contributed by atoms with E-state index < -0.39 is 0 Å². The van der Waals surface area contributed by atoms with Crippen molar-refractivity contribution in [1.29, 1.82) is 0 Å². The highest BCUT2D eigenvalue weighted by Crippen LogP contribution is 2.36. The molecular weight excluding hydrogens is 238 g/mol. The molecule has 3 atom stereocenters. The molecule has 4 heteroatoms. The molecule has 1 aromatic rings. The van der Waals surface area contributed by atoms with E-state index in [9.17, 15) is 0 Å². The zero-order chi connectivity index (χ0) is 13.8. The molecule has 2 rings (SSSR count). The third-order valence-corrected chi connectivity index (χ3v) is 4.13. The molecule has 1 saturated carbocycles. The van der Waals surface area contributed by atoms with E-state index in [2.05, 4.69) is 31.2 Å². The molecule has 0 bridgehead atoms. The molecule has 3 N–H and O–H groups in total. The zero-order valence-corrected chi connectivity index (χ0v) is 12.1. The second-order valence-electron chi connectivity index (χ2n) is 6.00. The van der Waals surface area contributed by atoms with Crippen LogP contribution in [-0.2, 0) is 0 Å². The van der Waals surface area contributed by atoms with Gasteiger partial charge in [-0.05, 0) is 36.7 Å². The van der Waals surface area contributed by atoms with Crippen LogP contribution < -0.4 is 16.0 Å². The molecule has 4 nitrogen and oxygen atoms in total. The van der Waals surface area contributed by atoms with E-state index in [-0.39, 0.29) is 0 Å². The third kappa shape index (κ3) is 3.60. The molecule has 0 amide bonds. The predicted octanol–water partition coefficient (Wildman–Crippen LogP) is 3.21. The summed E-state index contributed by atoms with van der Waals surface area (Å²) in [5, 5.41) is 0. The lowest BCUT2D eigenvalue weighted by Crippen LogP contribution is -2.36. The molecule has 106 valence electrons. The minimum Gasteiger partial charge on any atom is -0.490 e. The Morgan fingerprint density at radius 1 is 1.42 bits per heavy atom. The van der Waals surface area contributed by atoms with Crippen LogP contribution in [0.2, 0.25) is 0 Å². The number of nitrogens with one attached hydrogen (secondary N) is 1. The summed E-state index contributed by atoms with van der Waals surface area (Å²) < 4.78 is 6.21. The Labute approximate surface area is 115 Å². The molecule has 1 heterocycles. The molecule has 0 aliphatic heterocycles. The van der Waals surface area contributed by atoms with Gasteiger partial charge in [-0.15, -0.1) is 0 Å². The van der Waals surface area contributed by atoms with Gasteiger partial charge in [0.2, 0.25) is 0 Å². The first-order chi connectivity index (χ1) is 9.10. The largest absolute Gasteiger partial charge is 0.490 e. The number of ether oxygens (including phenoxy) is 1. The van der Waals surface area contributed by atoms with Crippen molar-refractivity contribution in [3.63, 3.8) is 0 Å². The molecule has 3 unspecified atom stereocenters. The minimum atomic E-state index is 0.303. The maximum atomic E-state index is 6.21. The molecule has 0 spiro atoms. The van der Waals surface area contributed by atoms with E-state index in [1.807, 2.05) is 12.1 Å². The molecule has 0 saturated heterocycles. The summed E-state index contributed by atoms with van der Waals surface area (Å²) >= 11 is 0. The fourth-order valence-corrected chi connectivity index (χ4v) is 2.99. The first kappa shape index (κ1) is 14.1. The Balaban J connectivity index is 2.09. The SMILES string of the molecule is CC1CCC(C(C)C)C(Oc2ccnc(NN)c2)C1. The standard InChI is InChI=1S/C15H25N3O/c1-10(2)13-5-4-11(3)8-14(13)19-12-6-7-17-15(9-12)18-16/h6-7,9-11,13-14H,4-5,8,16H2,1-3H3,(H,17,18). The van der Waals surface area contributed by atoms with Crippen LogP contribution in [0.4, 0.5) is 5.82 Å². The van der Waals surface area contributed by atoms with E-state index in [1.165, 1.54) is 12.8 Å². The lowest BCUT2D eigenvalue weighted by atomic mass is 9.75. The Hall–Kier alpha value is -1.29. The third-order valence-electron chi connectivity index (χ3n) is 4.13. The Kier molecular flexibility index (Phi) is 4.64. The molecule has 1 aliphatic rings. The maximum Gasteiger partial charge on any atom is 0.143 e. The molecule has 1 aliphatic carbocycles. The lowest BCUT2D eigenvalue weighted by Gasteiger charge is -2.37. The van der Waals surface area contributed by atoms with Gasteiger partial charge < -0.3 is 10.2 Å². The fourth-order valence-electron chi connectivity index (χ4n) is 2.99. The minimum absolute atomic E-state index is 0.303. The molecule has 1 aromatic heterocycles. The normalized spacial score (nSPS) is 27.3. The van der Waals surface area contributed by atoms with E-state index >= 15 is 0 Å². The number of aromatic nitrogens is 1. The van der Waals surface area contributed by atoms with Crippen molar-refractivity contribution in [3.05, 3.63) is 18.3 Å². The number of rotatable bonds is 4. The molecule has 0 aromatic carbocycles. The Morgan fingerprint density at radius 2 is 2.21 bits per heavy atom. The molecule has 1 fully saturated rings. The van der Waals surface area contributed by atoms with E-state index in [4.69, 9.17) is 10.6 Å². The zero-order valence-electron chi connectivity index (χ0n) is 12.1. The predicted molar refractivity (Wildman–Crippen MR) is 77.8 cm³/mol. The van der Waals surface area contributed by atoms with Gasteiger partial charge in [-0.1, -0.05) is 27.2 Å². The fraction of sp³-hybridized carbons (Fsp3) is 0.667. The number of hydrogen-bond acceptors (Lipinski definition) is 4. The summed E-state index contributed by atoms with van der Waals surface area (Å²) in [5.41, 5.74) is 2.56. The van der Waals surface area contributed by atoms with Gasteiger partial charge in [-0.2, -0.15) is 0 Å². The number of nitrogen functional groups attached to an aromatic ring is 1. The van der Waals surface area contributed by atoms with Crippen LogP contribution in [0.5, 0.6) is 5.75 Å². The van der Waals surface area contributed by atoms with Crippen LogP contribution in [0, 0.1) is 17.8 Å². The number of anilines is 1. The average molecular weight is 263 g/mol. The topological polar surface area (TPSA) is 60.2 Å². The van der Waals surface area contributed by atoms with Crippen LogP contribution in [0.1, 0.15) is 40.0 Å². The number of nitrogens with zero attached hydrogens (tertiary/aromatic N) is 1. The van der Waals surface area contributed by atoms with Gasteiger partial charge in [-0.25, -0.2) is 10.8 Å². The monoisotopic (exact) mass is 263 g/mol. The second kappa shape index (κ2) is 6.24.